The van der Waals surface area contributed by atoms with Crippen molar-refractivity contribution in [3.63, 3.8) is 0 Å². The zero-order valence-corrected chi connectivity index (χ0v) is 16.4. The molecule has 0 fully saturated rings. The second kappa shape index (κ2) is 8.17. The molecule has 1 aliphatic rings. The van der Waals surface area contributed by atoms with E-state index in [2.05, 4.69) is 15.3 Å². The van der Waals surface area contributed by atoms with Crippen LogP contribution in [0.1, 0.15) is 11.1 Å². The van der Waals surface area contributed by atoms with Crippen LogP contribution in [0.4, 0.5) is 0 Å². The Balaban J connectivity index is 1.46. The second-order valence-electron chi connectivity index (χ2n) is 5.81. The van der Waals surface area contributed by atoms with Gasteiger partial charge in [0.2, 0.25) is 5.16 Å². The van der Waals surface area contributed by atoms with Crippen molar-refractivity contribution in [2.75, 3.05) is 6.61 Å². The van der Waals surface area contributed by atoms with Crippen molar-refractivity contribution in [1.29, 1.82) is 0 Å². The van der Waals surface area contributed by atoms with Crippen LogP contribution in [-0.4, -0.2) is 27.7 Å². The third-order valence-electron chi connectivity index (χ3n) is 3.84. The summed E-state index contributed by atoms with van der Waals surface area (Å²) in [5.74, 6) is 1.57. The van der Waals surface area contributed by atoms with Crippen molar-refractivity contribution >= 4 is 47.3 Å². The van der Waals surface area contributed by atoms with Gasteiger partial charge in [-0.15, -0.1) is 10.2 Å². The lowest BCUT2D eigenvalue weighted by atomic mass is 10.1. The van der Waals surface area contributed by atoms with Crippen molar-refractivity contribution < 1.29 is 4.74 Å². The summed E-state index contributed by atoms with van der Waals surface area (Å²) < 4.78 is 7.38. The summed E-state index contributed by atoms with van der Waals surface area (Å²) in [6.07, 6.45) is 5.34. The first-order chi connectivity index (χ1) is 13.2. The predicted molar refractivity (Wildman–Crippen MR) is 110 cm³/mol. The highest BCUT2D eigenvalue weighted by molar-refractivity contribution is 7.98. The van der Waals surface area contributed by atoms with Crippen LogP contribution in [0, 0.1) is 0 Å². The quantitative estimate of drug-likeness (QED) is 0.424. The first-order valence-corrected chi connectivity index (χ1v) is 9.86. The molecule has 0 amide bonds. The molecular formula is C19H14Cl2N4OS. The standard InChI is InChI=1S/C19H14Cl2N4OS/c20-16-3-1-13(2-4-16)11-27-19-24-22-12-25(19)23-9-14-7-15-8-17(21)5-6-18(15)26-10-14/h1-9,12H,10-11H2/b23-9+. The summed E-state index contributed by atoms with van der Waals surface area (Å²) in [4.78, 5) is 0. The van der Waals surface area contributed by atoms with Gasteiger partial charge in [-0.1, -0.05) is 47.1 Å². The SMILES string of the molecule is Clc1ccc(CSc2nncn2/N=C/C2=Cc3cc(Cl)ccc3OC2)cc1. The molecule has 136 valence electrons. The average Bonchev–Trinajstić information content (AvgIpc) is 3.13. The van der Waals surface area contributed by atoms with Crippen LogP contribution in [0.3, 0.4) is 0 Å². The molecule has 3 aromatic rings. The molecule has 4 rings (SSSR count). The summed E-state index contributed by atoms with van der Waals surface area (Å²) in [5, 5.41) is 14.6. The van der Waals surface area contributed by atoms with Gasteiger partial charge < -0.3 is 4.74 Å². The van der Waals surface area contributed by atoms with Gasteiger partial charge in [-0.05, 0) is 42.0 Å². The fraction of sp³-hybridized carbons (Fsp3) is 0.105. The van der Waals surface area contributed by atoms with Crippen molar-refractivity contribution in [2.45, 2.75) is 10.9 Å². The van der Waals surface area contributed by atoms with E-state index in [4.69, 9.17) is 27.9 Å². The Morgan fingerprint density at radius 2 is 1.96 bits per heavy atom. The van der Waals surface area contributed by atoms with Crippen LogP contribution in [-0.2, 0) is 5.75 Å². The summed E-state index contributed by atoms with van der Waals surface area (Å²) in [6.45, 7) is 0.452. The maximum atomic E-state index is 6.05. The smallest absolute Gasteiger partial charge is 0.212 e. The summed E-state index contributed by atoms with van der Waals surface area (Å²) in [7, 11) is 0. The minimum Gasteiger partial charge on any atom is -0.488 e. The van der Waals surface area contributed by atoms with Gasteiger partial charge in [-0.2, -0.15) is 9.78 Å². The Morgan fingerprint density at radius 1 is 1.15 bits per heavy atom. The topological polar surface area (TPSA) is 52.3 Å². The molecular weight excluding hydrogens is 403 g/mol. The minimum atomic E-state index is 0.452. The number of hydrogen-bond donors (Lipinski definition) is 0. The molecule has 2 aromatic carbocycles. The predicted octanol–water partition coefficient (Wildman–Crippen LogP) is 5.19. The number of hydrogen-bond acceptors (Lipinski definition) is 5. The first-order valence-electron chi connectivity index (χ1n) is 8.12. The lowest BCUT2D eigenvalue weighted by molar-refractivity contribution is 0.353. The maximum Gasteiger partial charge on any atom is 0.212 e. The number of rotatable bonds is 5. The Bertz CT molecular complexity index is 1010. The Morgan fingerprint density at radius 3 is 2.81 bits per heavy atom. The van der Waals surface area contributed by atoms with Crippen LogP contribution in [0.15, 0.2) is 64.6 Å². The molecule has 0 saturated heterocycles. The second-order valence-corrected chi connectivity index (χ2v) is 7.62. The number of thioether (sulfide) groups is 1. The molecule has 8 heteroatoms. The number of benzene rings is 2. The van der Waals surface area contributed by atoms with E-state index in [-0.39, 0.29) is 0 Å². The average molecular weight is 417 g/mol. The Kier molecular flexibility index (Phi) is 5.48. The lowest BCUT2D eigenvalue weighted by Crippen LogP contribution is -2.08. The van der Waals surface area contributed by atoms with E-state index in [0.717, 1.165) is 33.2 Å². The van der Waals surface area contributed by atoms with Crippen LogP contribution < -0.4 is 4.74 Å². The third-order valence-corrected chi connectivity index (χ3v) is 5.33. The van der Waals surface area contributed by atoms with Gasteiger partial charge in [0, 0.05) is 26.9 Å². The maximum absolute atomic E-state index is 6.05. The summed E-state index contributed by atoms with van der Waals surface area (Å²) in [6, 6.07) is 13.3. The molecule has 0 unspecified atom stereocenters. The highest BCUT2D eigenvalue weighted by atomic mass is 35.5. The van der Waals surface area contributed by atoms with Crippen LogP contribution >= 0.6 is 35.0 Å². The highest BCUT2D eigenvalue weighted by Crippen LogP contribution is 2.28. The van der Waals surface area contributed by atoms with Crippen LogP contribution in [0.2, 0.25) is 10.0 Å². The minimum absolute atomic E-state index is 0.452. The summed E-state index contributed by atoms with van der Waals surface area (Å²) in [5.41, 5.74) is 3.03. The molecule has 0 bridgehead atoms. The zero-order chi connectivity index (χ0) is 18.6. The number of fused-ring (bicyclic) bond motifs is 1. The Labute approximate surface area is 170 Å². The lowest BCUT2D eigenvalue weighted by Gasteiger charge is -2.15. The van der Waals surface area contributed by atoms with Crippen molar-refractivity contribution in [2.24, 2.45) is 5.10 Å². The van der Waals surface area contributed by atoms with E-state index >= 15 is 0 Å². The molecule has 1 aliphatic heterocycles. The number of ether oxygens (including phenoxy) is 1. The van der Waals surface area contributed by atoms with Crippen molar-refractivity contribution in [3.05, 3.63) is 75.5 Å². The molecule has 0 saturated carbocycles. The molecule has 0 aliphatic carbocycles. The van der Waals surface area contributed by atoms with Gasteiger partial charge in [0.25, 0.3) is 0 Å². The van der Waals surface area contributed by atoms with Crippen molar-refractivity contribution in [1.82, 2.24) is 14.9 Å². The van der Waals surface area contributed by atoms with E-state index in [1.807, 2.05) is 48.5 Å². The fourth-order valence-electron chi connectivity index (χ4n) is 2.50. The van der Waals surface area contributed by atoms with Crippen LogP contribution in [0.25, 0.3) is 6.08 Å². The van der Waals surface area contributed by atoms with E-state index < -0.39 is 0 Å². The summed E-state index contributed by atoms with van der Waals surface area (Å²) >= 11 is 13.5. The number of halogens is 2. The highest BCUT2D eigenvalue weighted by Gasteiger charge is 2.11. The first kappa shape index (κ1) is 18.1. The monoisotopic (exact) mass is 416 g/mol. The van der Waals surface area contributed by atoms with Crippen LogP contribution in [0.5, 0.6) is 5.75 Å². The van der Waals surface area contributed by atoms with Gasteiger partial charge in [0.1, 0.15) is 18.7 Å². The molecule has 2 heterocycles. The van der Waals surface area contributed by atoms with Crippen molar-refractivity contribution in [3.8, 4) is 5.75 Å². The van der Waals surface area contributed by atoms with Gasteiger partial charge >= 0.3 is 0 Å². The normalized spacial score (nSPS) is 13.3. The molecule has 27 heavy (non-hydrogen) atoms. The number of aromatic nitrogens is 3. The van der Waals surface area contributed by atoms with Gasteiger partial charge in [-0.25, -0.2) is 0 Å². The van der Waals surface area contributed by atoms with E-state index in [1.54, 1.807) is 29.0 Å². The fourth-order valence-corrected chi connectivity index (χ4v) is 3.63. The van der Waals surface area contributed by atoms with E-state index in [9.17, 15) is 0 Å². The molecule has 1 aromatic heterocycles. The largest absolute Gasteiger partial charge is 0.488 e. The zero-order valence-electron chi connectivity index (χ0n) is 14.0. The van der Waals surface area contributed by atoms with Gasteiger partial charge in [0.15, 0.2) is 0 Å². The molecule has 0 spiro atoms. The number of nitrogens with zero attached hydrogens (tertiary/aromatic N) is 4. The molecule has 5 nitrogen and oxygen atoms in total. The van der Waals surface area contributed by atoms with E-state index in [1.165, 1.54) is 0 Å². The molecule has 0 radical (unpaired) electrons. The third kappa shape index (κ3) is 4.53. The molecule has 0 atom stereocenters. The van der Waals surface area contributed by atoms with E-state index in [0.29, 0.717) is 16.8 Å². The van der Waals surface area contributed by atoms with Gasteiger partial charge in [0.05, 0.1) is 6.21 Å². The Hall–Kier alpha value is -2.28. The van der Waals surface area contributed by atoms with Gasteiger partial charge in [-0.3, -0.25) is 0 Å². The molecule has 0 N–H and O–H groups in total.